The summed E-state index contributed by atoms with van der Waals surface area (Å²) >= 11 is 0. The fourth-order valence-corrected chi connectivity index (χ4v) is 3.91. The number of piperidine rings is 1. The normalized spacial score (nSPS) is 24.4. The van der Waals surface area contributed by atoms with Crippen molar-refractivity contribution in [3.8, 4) is 17.0 Å². The number of methoxy groups -OCH3 is 1. The van der Waals surface area contributed by atoms with Crippen molar-refractivity contribution in [1.82, 2.24) is 24.5 Å². The van der Waals surface area contributed by atoms with Crippen molar-refractivity contribution in [2.75, 3.05) is 30.7 Å². The van der Waals surface area contributed by atoms with Gasteiger partial charge in [-0.3, -0.25) is 9.78 Å². The number of halogens is 4. The molecule has 5 rings (SSSR count). The second kappa shape index (κ2) is 10.1. The first-order chi connectivity index (χ1) is 22.0. The van der Waals surface area contributed by atoms with Gasteiger partial charge in [0.05, 0.1) is 52.6 Å². The topological polar surface area (TPSA) is 138 Å². The van der Waals surface area contributed by atoms with Crippen LogP contribution >= 0.6 is 0 Å². The van der Waals surface area contributed by atoms with Crippen LogP contribution in [0.5, 0.6) is 5.75 Å². The van der Waals surface area contributed by atoms with Gasteiger partial charge >= 0.3 is 0 Å². The minimum absolute atomic E-state index is 0.0812. The first kappa shape index (κ1) is 17.3. The van der Waals surface area contributed by atoms with E-state index in [1.165, 1.54) is 0 Å². The summed E-state index contributed by atoms with van der Waals surface area (Å²) in [5.41, 5.74) is 5.82. The predicted molar refractivity (Wildman–Crippen MR) is 134 cm³/mol. The number of nitrogen functional groups attached to an aromatic ring is 1. The Kier molecular flexibility index (Phi) is 4.48. The zero-order valence-electron chi connectivity index (χ0n) is 28.6. The first-order valence-corrected chi connectivity index (χ1v) is 11.1. The van der Waals surface area contributed by atoms with Crippen molar-refractivity contribution in [2.24, 2.45) is 5.73 Å². The number of alkyl halides is 2. The predicted octanol–water partition coefficient (Wildman–Crippen LogP) is 2.94. The Morgan fingerprint density at radius 3 is 2.85 bits per heavy atom. The second-order valence-electron chi connectivity index (χ2n) is 8.35. The Bertz CT molecular complexity index is 1930. The summed E-state index contributed by atoms with van der Waals surface area (Å²) in [5.74, 6) is -5.82. The molecule has 0 bridgehead atoms. The summed E-state index contributed by atoms with van der Waals surface area (Å²) in [6, 6.07) is 1.70. The highest BCUT2D eigenvalue weighted by Crippen LogP contribution is 2.34. The summed E-state index contributed by atoms with van der Waals surface area (Å²) < 4.78 is 137. The molecule has 1 aliphatic heterocycles. The van der Waals surface area contributed by atoms with Crippen LogP contribution in [-0.4, -0.2) is 62.3 Å². The largest absolute Gasteiger partial charge is 0.494 e. The number of anilines is 2. The lowest BCUT2D eigenvalue weighted by atomic mass is 9.85. The maximum Gasteiger partial charge on any atom is 0.297 e. The third-order valence-electron chi connectivity index (χ3n) is 5.87. The number of hydrogen-bond acceptors (Lipinski definition) is 9. The van der Waals surface area contributed by atoms with Crippen LogP contribution in [0, 0.1) is 11.6 Å². The summed E-state index contributed by atoms with van der Waals surface area (Å²) in [5, 5.41) is 0. The lowest BCUT2D eigenvalue weighted by Gasteiger charge is -2.40. The van der Waals surface area contributed by atoms with Crippen LogP contribution in [-0.2, 0) is 11.3 Å². The fourth-order valence-electron chi connectivity index (χ4n) is 3.91. The molecule has 0 radical (unpaired) electrons. The molecule has 0 saturated carbocycles. The minimum Gasteiger partial charge on any atom is -0.494 e. The molecule has 204 valence electrons. The molecule has 0 unspecified atom stereocenters. The summed E-state index contributed by atoms with van der Waals surface area (Å²) in [6.45, 7) is -9.26. The number of ketones is 1. The average molecular weight is 554 g/mol. The van der Waals surface area contributed by atoms with E-state index in [2.05, 4.69) is 24.7 Å². The van der Waals surface area contributed by atoms with Crippen LogP contribution in [0.25, 0.3) is 22.4 Å². The van der Waals surface area contributed by atoms with Gasteiger partial charge in [-0.15, -0.1) is 0 Å². The third kappa shape index (κ3) is 4.82. The van der Waals surface area contributed by atoms with Gasteiger partial charge in [0.2, 0.25) is 5.78 Å². The molecule has 1 fully saturated rings. The van der Waals surface area contributed by atoms with Gasteiger partial charge in [-0.2, -0.15) is 0 Å². The zero-order chi connectivity index (χ0) is 35.8. The molecule has 4 aromatic rings. The quantitative estimate of drug-likeness (QED) is 0.331. The van der Waals surface area contributed by atoms with E-state index < -0.39 is 97.0 Å². The van der Waals surface area contributed by atoms with Gasteiger partial charge in [0.25, 0.3) is 6.43 Å². The molecule has 1 saturated heterocycles. The number of pyridine rings is 1. The minimum atomic E-state index is -3.75. The standard InChI is InChI=1S/C25H24F4N8O2/c1-39-19-7-15(26)14(6-16(19)27)17-5-13(9-37-12-35-20-23(30)33-11-34-24(20)37)18(8-32-17)36-4-2-3-25(31,10-36)21(38)22(28)29/h5-8,11-12,22H,2-4,9-10,31H2,1H3,(H2,30,33,34)/t25-/m1/s1/i1D3,4D2,9D2,10D2. The number of carbonyl (C=O) groups excluding carboxylic acids is 1. The summed E-state index contributed by atoms with van der Waals surface area (Å²) in [6.07, 6.45) is -2.82. The molecular weight excluding hydrogens is 520 g/mol. The maximum absolute atomic E-state index is 15.3. The second-order valence-corrected chi connectivity index (χ2v) is 8.35. The molecule has 4 heterocycles. The number of carbonyl (C=O) groups is 1. The van der Waals surface area contributed by atoms with Crippen molar-refractivity contribution < 1.29 is 39.4 Å². The summed E-state index contributed by atoms with van der Waals surface area (Å²) in [7, 11) is -3.14. The maximum atomic E-state index is 15.3. The number of hydrogen-bond donors (Lipinski definition) is 2. The van der Waals surface area contributed by atoms with Gasteiger partial charge in [0, 0.05) is 27.4 Å². The van der Waals surface area contributed by atoms with E-state index in [0.29, 0.717) is 18.3 Å². The molecule has 1 aromatic carbocycles. The molecule has 39 heavy (non-hydrogen) atoms. The summed E-state index contributed by atoms with van der Waals surface area (Å²) in [4.78, 5) is 28.5. The van der Waals surface area contributed by atoms with Gasteiger partial charge < -0.3 is 25.7 Å². The smallest absolute Gasteiger partial charge is 0.297 e. The van der Waals surface area contributed by atoms with Crippen LogP contribution in [0.4, 0.5) is 29.1 Å². The molecule has 4 N–H and O–H groups in total. The van der Waals surface area contributed by atoms with Crippen molar-refractivity contribution in [1.29, 1.82) is 0 Å². The van der Waals surface area contributed by atoms with Gasteiger partial charge in [0.15, 0.2) is 23.0 Å². The molecule has 1 atom stereocenters. The van der Waals surface area contributed by atoms with E-state index in [9.17, 15) is 18.0 Å². The fraction of sp³-hybridized carbons (Fsp3) is 0.320. The molecule has 10 nitrogen and oxygen atoms in total. The van der Waals surface area contributed by atoms with Gasteiger partial charge in [0.1, 0.15) is 17.7 Å². The first-order valence-electron chi connectivity index (χ1n) is 15.6. The number of nitrogens with zero attached hydrogens (tertiary/aromatic N) is 6. The van der Waals surface area contributed by atoms with E-state index in [1.54, 1.807) is 0 Å². The monoisotopic (exact) mass is 553 g/mol. The Balaban J connectivity index is 1.79. The van der Waals surface area contributed by atoms with Crippen molar-refractivity contribution in [3.63, 3.8) is 0 Å². The average Bonchev–Trinajstić information content (AvgIpc) is 3.42. The highest BCUT2D eigenvalue weighted by atomic mass is 19.3. The Hall–Kier alpha value is -4.33. The van der Waals surface area contributed by atoms with E-state index >= 15 is 4.39 Å². The van der Waals surface area contributed by atoms with Crippen LogP contribution in [0.1, 0.15) is 30.7 Å². The SMILES string of the molecule is [2H]C([2H])([2H])Oc1cc(F)c(-c2cc(C([2H])([2H])n3cnc4c(N)ncnc43)c(N3C([2H])([2H])CC[C@](N)(C(=O)C(F)F)C3([2H])[2H])cn2)cc1F. The van der Waals surface area contributed by atoms with Crippen molar-refractivity contribution in [3.05, 3.63) is 54.2 Å². The Labute approximate surface area is 232 Å². The van der Waals surface area contributed by atoms with Gasteiger partial charge in [-0.25, -0.2) is 32.5 Å². The van der Waals surface area contributed by atoms with Crippen LogP contribution in [0.2, 0.25) is 0 Å². The number of aromatic nitrogens is 5. The van der Waals surface area contributed by atoms with Crippen molar-refractivity contribution >= 4 is 28.5 Å². The third-order valence-corrected chi connectivity index (χ3v) is 5.87. The number of ether oxygens (including phenoxy) is 1. The molecule has 1 aliphatic rings. The zero-order valence-corrected chi connectivity index (χ0v) is 19.6. The number of benzene rings is 1. The highest BCUT2D eigenvalue weighted by Gasteiger charge is 2.43. The number of imidazole rings is 1. The Morgan fingerprint density at radius 2 is 2.08 bits per heavy atom. The lowest BCUT2D eigenvalue weighted by molar-refractivity contribution is -0.135. The lowest BCUT2D eigenvalue weighted by Crippen LogP contribution is -2.61. The number of nitrogens with two attached hydrogens (primary N) is 2. The number of fused-ring (bicyclic) bond motifs is 1. The van der Waals surface area contributed by atoms with Crippen LogP contribution in [0.3, 0.4) is 0 Å². The van der Waals surface area contributed by atoms with E-state index in [4.69, 9.17) is 23.8 Å². The van der Waals surface area contributed by atoms with Gasteiger partial charge in [-0.1, -0.05) is 0 Å². The molecule has 14 heteroatoms. The van der Waals surface area contributed by atoms with E-state index in [0.717, 1.165) is 23.3 Å². The molecule has 0 aliphatic carbocycles. The van der Waals surface area contributed by atoms with E-state index in [1.807, 2.05) is 0 Å². The van der Waals surface area contributed by atoms with Crippen LogP contribution in [0.15, 0.2) is 37.1 Å². The molecule has 0 spiro atoms. The van der Waals surface area contributed by atoms with Gasteiger partial charge in [-0.05, 0) is 30.5 Å². The van der Waals surface area contributed by atoms with Crippen LogP contribution < -0.4 is 21.1 Å². The van der Waals surface area contributed by atoms with E-state index in [-0.39, 0.29) is 21.9 Å². The number of Topliss-reactive ketones (excluding diaryl/α,β-unsaturated/α-hetero) is 1. The number of rotatable bonds is 7. The van der Waals surface area contributed by atoms with Crippen molar-refractivity contribution in [2.45, 2.75) is 31.3 Å². The molecule has 0 amide bonds. The Morgan fingerprint density at radius 1 is 1.26 bits per heavy atom. The molecule has 3 aromatic heterocycles. The molecular formula is C25H24F4N8O2. The highest BCUT2D eigenvalue weighted by molar-refractivity contribution is 5.92.